The summed E-state index contributed by atoms with van der Waals surface area (Å²) in [6, 6.07) is 6.39. The first-order valence-corrected chi connectivity index (χ1v) is 8.17. The van der Waals surface area contributed by atoms with Crippen molar-refractivity contribution in [1.82, 2.24) is 9.78 Å². The number of hydrogen-bond acceptors (Lipinski definition) is 2. The van der Waals surface area contributed by atoms with Gasteiger partial charge in [0.15, 0.2) is 0 Å². The van der Waals surface area contributed by atoms with Crippen molar-refractivity contribution >= 4 is 15.9 Å². The molecule has 0 fully saturated rings. The van der Waals surface area contributed by atoms with Crippen LogP contribution < -0.4 is 0 Å². The second-order valence-electron chi connectivity index (χ2n) is 5.65. The molecule has 0 aliphatic carbocycles. The van der Waals surface area contributed by atoms with Gasteiger partial charge in [0.05, 0.1) is 22.0 Å². The summed E-state index contributed by atoms with van der Waals surface area (Å²) in [6.45, 7) is 9.05. The fourth-order valence-electron chi connectivity index (χ4n) is 2.63. The number of nitrogens with zero attached hydrogens (tertiary/aromatic N) is 2. The van der Waals surface area contributed by atoms with Crippen molar-refractivity contribution in [2.45, 2.75) is 53.2 Å². The molecule has 0 spiro atoms. The summed E-state index contributed by atoms with van der Waals surface area (Å²) in [5, 5.41) is 14.9. The Kier molecular flexibility index (Phi) is 5.22. The molecule has 1 unspecified atom stereocenters. The van der Waals surface area contributed by atoms with Crippen molar-refractivity contribution in [2.24, 2.45) is 0 Å². The molecule has 0 aliphatic heterocycles. The van der Waals surface area contributed by atoms with Gasteiger partial charge < -0.3 is 5.11 Å². The highest BCUT2D eigenvalue weighted by Crippen LogP contribution is 2.23. The molecule has 21 heavy (non-hydrogen) atoms. The molecule has 4 heteroatoms. The lowest BCUT2D eigenvalue weighted by Crippen LogP contribution is -2.18. The average Bonchev–Trinajstić information content (AvgIpc) is 2.70. The normalized spacial score (nSPS) is 12.7. The number of benzene rings is 1. The van der Waals surface area contributed by atoms with E-state index in [4.69, 9.17) is 0 Å². The Bertz CT molecular complexity index is 634. The molecule has 1 N–H and O–H groups in total. The number of aromatic nitrogens is 2. The third kappa shape index (κ3) is 3.74. The monoisotopic (exact) mass is 350 g/mol. The Labute approximate surface area is 135 Å². The van der Waals surface area contributed by atoms with Crippen molar-refractivity contribution in [1.29, 1.82) is 0 Å². The average molecular weight is 351 g/mol. The quantitative estimate of drug-likeness (QED) is 0.891. The molecule has 0 amide bonds. The van der Waals surface area contributed by atoms with Gasteiger partial charge in [0.1, 0.15) is 0 Å². The van der Waals surface area contributed by atoms with Crippen LogP contribution in [0.25, 0.3) is 0 Å². The first-order chi connectivity index (χ1) is 9.92. The maximum Gasteiger partial charge on any atom is 0.0738 e. The Morgan fingerprint density at radius 3 is 2.62 bits per heavy atom. The Balaban J connectivity index is 2.15. The predicted octanol–water partition coefficient (Wildman–Crippen LogP) is 3.74. The summed E-state index contributed by atoms with van der Waals surface area (Å²) >= 11 is 3.59. The molecule has 0 saturated heterocycles. The smallest absolute Gasteiger partial charge is 0.0738 e. The van der Waals surface area contributed by atoms with Crippen LogP contribution in [0.15, 0.2) is 22.7 Å². The van der Waals surface area contributed by atoms with E-state index in [2.05, 4.69) is 60.0 Å². The van der Waals surface area contributed by atoms with Crippen molar-refractivity contribution in [2.75, 3.05) is 0 Å². The molecule has 0 aliphatic rings. The van der Waals surface area contributed by atoms with Crippen LogP contribution in [0.5, 0.6) is 0 Å². The van der Waals surface area contributed by atoms with Gasteiger partial charge in [-0.15, -0.1) is 0 Å². The van der Waals surface area contributed by atoms with E-state index in [0.717, 1.165) is 22.4 Å². The zero-order chi connectivity index (χ0) is 15.6. The standard InChI is InChI=1S/C17H23BrN2O/c1-5-20-16(17(18)13(4)19-20)10-15(21)9-14-8-11(2)6-7-12(14)3/h6-8,15,21H,5,9-10H2,1-4H3. The van der Waals surface area contributed by atoms with E-state index in [1.807, 2.05) is 11.6 Å². The molecule has 1 atom stereocenters. The van der Waals surface area contributed by atoms with Gasteiger partial charge in [-0.1, -0.05) is 23.8 Å². The third-order valence-electron chi connectivity index (χ3n) is 3.84. The highest BCUT2D eigenvalue weighted by molar-refractivity contribution is 9.10. The van der Waals surface area contributed by atoms with Crippen molar-refractivity contribution in [3.05, 3.63) is 50.8 Å². The maximum absolute atomic E-state index is 10.5. The van der Waals surface area contributed by atoms with Gasteiger partial charge in [0, 0.05) is 13.0 Å². The molecule has 0 saturated carbocycles. The largest absolute Gasteiger partial charge is 0.392 e. The summed E-state index contributed by atoms with van der Waals surface area (Å²) in [5.41, 5.74) is 5.74. The van der Waals surface area contributed by atoms with Crippen LogP contribution in [0.2, 0.25) is 0 Å². The van der Waals surface area contributed by atoms with Crippen LogP contribution in [0.4, 0.5) is 0 Å². The van der Waals surface area contributed by atoms with Gasteiger partial charge in [0.2, 0.25) is 0 Å². The van der Waals surface area contributed by atoms with E-state index in [1.165, 1.54) is 16.7 Å². The number of aliphatic hydroxyl groups excluding tert-OH is 1. The summed E-state index contributed by atoms with van der Waals surface area (Å²) in [4.78, 5) is 0. The van der Waals surface area contributed by atoms with E-state index in [1.54, 1.807) is 0 Å². The van der Waals surface area contributed by atoms with Crippen molar-refractivity contribution < 1.29 is 5.11 Å². The van der Waals surface area contributed by atoms with Crippen LogP contribution in [-0.4, -0.2) is 21.0 Å². The number of rotatable bonds is 5. The van der Waals surface area contributed by atoms with Crippen LogP contribution >= 0.6 is 15.9 Å². The SMILES string of the molecule is CCn1nc(C)c(Br)c1CC(O)Cc1cc(C)ccc1C. The lowest BCUT2D eigenvalue weighted by atomic mass is 9.98. The molecule has 2 rings (SSSR count). The molecule has 0 radical (unpaired) electrons. The second kappa shape index (κ2) is 6.75. The Morgan fingerprint density at radius 2 is 1.95 bits per heavy atom. The summed E-state index contributed by atoms with van der Waals surface area (Å²) < 4.78 is 2.98. The highest BCUT2D eigenvalue weighted by atomic mass is 79.9. The first-order valence-electron chi connectivity index (χ1n) is 7.38. The Morgan fingerprint density at radius 1 is 1.24 bits per heavy atom. The summed E-state index contributed by atoms with van der Waals surface area (Å²) in [5.74, 6) is 0. The fraction of sp³-hybridized carbons (Fsp3) is 0.471. The highest BCUT2D eigenvalue weighted by Gasteiger charge is 2.17. The topological polar surface area (TPSA) is 38.0 Å². The van der Waals surface area contributed by atoms with Gasteiger partial charge in [-0.3, -0.25) is 4.68 Å². The number of aryl methyl sites for hydroxylation is 4. The van der Waals surface area contributed by atoms with E-state index in [-0.39, 0.29) is 0 Å². The molecule has 1 aromatic heterocycles. The molecular formula is C17H23BrN2O. The summed E-state index contributed by atoms with van der Waals surface area (Å²) in [6.07, 6.45) is 0.888. The van der Waals surface area contributed by atoms with Crippen LogP contribution in [0, 0.1) is 20.8 Å². The molecular weight excluding hydrogens is 328 g/mol. The molecule has 0 bridgehead atoms. The lowest BCUT2D eigenvalue weighted by Gasteiger charge is -2.14. The number of halogens is 1. The molecule has 1 aromatic carbocycles. The molecule has 3 nitrogen and oxygen atoms in total. The predicted molar refractivity (Wildman–Crippen MR) is 89.7 cm³/mol. The van der Waals surface area contributed by atoms with Gasteiger partial charge in [0.25, 0.3) is 0 Å². The number of hydrogen-bond donors (Lipinski definition) is 1. The fourth-order valence-corrected chi connectivity index (χ4v) is 3.08. The Hall–Kier alpha value is -1.13. The van der Waals surface area contributed by atoms with Gasteiger partial charge >= 0.3 is 0 Å². The maximum atomic E-state index is 10.5. The zero-order valence-corrected chi connectivity index (χ0v) is 14.7. The summed E-state index contributed by atoms with van der Waals surface area (Å²) in [7, 11) is 0. The van der Waals surface area contributed by atoms with E-state index in [9.17, 15) is 5.11 Å². The second-order valence-corrected chi connectivity index (χ2v) is 6.45. The minimum absolute atomic E-state index is 0.400. The minimum atomic E-state index is -0.400. The van der Waals surface area contributed by atoms with Gasteiger partial charge in [-0.05, 0) is 61.2 Å². The zero-order valence-electron chi connectivity index (χ0n) is 13.2. The minimum Gasteiger partial charge on any atom is -0.392 e. The van der Waals surface area contributed by atoms with Crippen LogP contribution in [0.3, 0.4) is 0 Å². The molecule has 114 valence electrons. The van der Waals surface area contributed by atoms with Crippen LogP contribution in [-0.2, 0) is 19.4 Å². The molecule has 2 aromatic rings. The van der Waals surface area contributed by atoms with Crippen molar-refractivity contribution in [3.63, 3.8) is 0 Å². The van der Waals surface area contributed by atoms with E-state index >= 15 is 0 Å². The van der Waals surface area contributed by atoms with Gasteiger partial charge in [-0.25, -0.2) is 0 Å². The van der Waals surface area contributed by atoms with E-state index < -0.39 is 6.10 Å². The van der Waals surface area contributed by atoms with Crippen molar-refractivity contribution in [3.8, 4) is 0 Å². The lowest BCUT2D eigenvalue weighted by molar-refractivity contribution is 0.172. The van der Waals surface area contributed by atoms with Gasteiger partial charge in [-0.2, -0.15) is 5.10 Å². The first kappa shape index (κ1) is 16.2. The van der Waals surface area contributed by atoms with E-state index in [0.29, 0.717) is 12.8 Å². The molecule has 1 heterocycles. The van der Waals surface area contributed by atoms with Crippen LogP contribution in [0.1, 0.15) is 35.0 Å². The number of aliphatic hydroxyl groups is 1. The third-order valence-corrected chi connectivity index (χ3v) is 4.87.